The number of rotatable bonds is 3. The number of phenols is 1. The molecule has 1 unspecified atom stereocenters. The van der Waals surface area contributed by atoms with Crippen LogP contribution in [0.3, 0.4) is 0 Å². The zero-order valence-corrected chi connectivity index (χ0v) is 8.06. The van der Waals surface area contributed by atoms with E-state index in [2.05, 4.69) is 4.74 Å². The SMILES string of the molecule is COC(=O)C(C)Oc1ccc(O)cc1. The summed E-state index contributed by atoms with van der Waals surface area (Å²) in [6.45, 7) is 1.60. The van der Waals surface area contributed by atoms with Crippen LogP contribution in [0.1, 0.15) is 6.92 Å². The molecule has 1 atom stereocenters. The summed E-state index contributed by atoms with van der Waals surface area (Å²) in [5.41, 5.74) is 0. The molecular weight excluding hydrogens is 184 g/mol. The molecule has 0 bridgehead atoms. The van der Waals surface area contributed by atoms with Crippen LogP contribution in [-0.4, -0.2) is 24.3 Å². The Balaban J connectivity index is 2.60. The molecule has 0 aliphatic heterocycles. The molecule has 0 saturated carbocycles. The van der Waals surface area contributed by atoms with Crippen LogP contribution in [0.15, 0.2) is 24.3 Å². The molecule has 0 aliphatic carbocycles. The van der Waals surface area contributed by atoms with Gasteiger partial charge in [0.05, 0.1) is 7.11 Å². The summed E-state index contributed by atoms with van der Waals surface area (Å²) in [4.78, 5) is 11.0. The van der Waals surface area contributed by atoms with Gasteiger partial charge in [-0.3, -0.25) is 0 Å². The lowest BCUT2D eigenvalue weighted by Crippen LogP contribution is -2.24. The number of ether oxygens (including phenoxy) is 2. The van der Waals surface area contributed by atoms with E-state index >= 15 is 0 Å². The molecule has 0 fully saturated rings. The summed E-state index contributed by atoms with van der Waals surface area (Å²) in [6.07, 6.45) is -0.649. The number of esters is 1. The van der Waals surface area contributed by atoms with Gasteiger partial charge in [0.2, 0.25) is 0 Å². The molecule has 0 heterocycles. The molecule has 0 aliphatic rings. The lowest BCUT2D eigenvalue weighted by molar-refractivity contribution is -0.147. The summed E-state index contributed by atoms with van der Waals surface area (Å²) in [6, 6.07) is 6.13. The quantitative estimate of drug-likeness (QED) is 0.741. The molecule has 4 nitrogen and oxygen atoms in total. The van der Waals surface area contributed by atoms with Gasteiger partial charge in [-0.1, -0.05) is 0 Å². The van der Waals surface area contributed by atoms with E-state index in [9.17, 15) is 4.79 Å². The summed E-state index contributed by atoms with van der Waals surface area (Å²) >= 11 is 0. The Bertz CT molecular complexity index is 304. The number of aromatic hydroxyl groups is 1. The second-order valence-electron chi connectivity index (χ2n) is 2.78. The fraction of sp³-hybridized carbons (Fsp3) is 0.300. The predicted octanol–water partition coefficient (Wildman–Crippen LogP) is 1.33. The Morgan fingerprint density at radius 1 is 1.36 bits per heavy atom. The average Bonchev–Trinajstić information content (AvgIpc) is 2.20. The van der Waals surface area contributed by atoms with E-state index in [4.69, 9.17) is 9.84 Å². The van der Waals surface area contributed by atoms with E-state index < -0.39 is 12.1 Å². The van der Waals surface area contributed by atoms with Gasteiger partial charge < -0.3 is 14.6 Å². The van der Waals surface area contributed by atoms with Gasteiger partial charge in [-0.2, -0.15) is 0 Å². The van der Waals surface area contributed by atoms with Crippen LogP contribution in [0, 0.1) is 0 Å². The Morgan fingerprint density at radius 2 is 1.93 bits per heavy atom. The van der Waals surface area contributed by atoms with Crippen LogP contribution < -0.4 is 4.74 Å². The molecule has 0 aromatic heterocycles. The van der Waals surface area contributed by atoms with E-state index in [1.807, 2.05) is 0 Å². The first-order valence-corrected chi connectivity index (χ1v) is 4.17. The third kappa shape index (κ3) is 2.65. The monoisotopic (exact) mass is 196 g/mol. The lowest BCUT2D eigenvalue weighted by Gasteiger charge is -2.11. The van der Waals surface area contributed by atoms with E-state index in [-0.39, 0.29) is 5.75 Å². The number of methoxy groups -OCH3 is 1. The highest BCUT2D eigenvalue weighted by molar-refractivity contribution is 5.74. The molecule has 1 aromatic rings. The maximum absolute atomic E-state index is 11.0. The van der Waals surface area contributed by atoms with Crippen LogP contribution in [0.4, 0.5) is 0 Å². The van der Waals surface area contributed by atoms with E-state index in [0.29, 0.717) is 5.75 Å². The van der Waals surface area contributed by atoms with Gasteiger partial charge in [0.25, 0.3) is 0 Å². The van der Waals surface area contributed by atoms with Gasteiger partial charge in [0, 0.05) is 0 Å². The molecule has 0 amide bonds. The zero-order chi connectivity index (χ0) is 10.6. The minimum Gasteiger partial charge on any atom is -0.508 e. The number of benzene rings is 1. The van der Waals surface area contributed by atoms with E-state index in [1.54, 1.807) is 19.1 Å². The first kappa shape index (κ1) is 10.4. The van der Waals surface area contributed by atoms with Crippen LogP contribution in [0.2, 0.25) is 0 Å². The molecule has 0 radical (unpaired) electrons. The largest absolute Gasteiger partial charge is 0.508 e. The van der Waals surface area contributed by atoms with Crippen LogP contribution in [-0.2, 0) is 9.53 Å². The fourth-order valence-electron chi connectivity index (χ4n) is 0.943. The molecule has 14 heavy (non-hydrogen) atoms. The van der Waals surface area contributed by atoms with Crippen molar-refractivity contribution >= 4 is 5.97 Å². The molecule has 1 aromatic carbocycles. The number of hydrogen-bond acceptors (Lipinski definition) is 4. The number of hydrogen-bond donors (Lipinski definition) is 1. The van der Waals surface area contributed by atoms with Crippen molar-refractivity contribution in [2.24, 2.45) is 0 Å². The Kier molecular flexibility index (Phi) is 3.34. The van der Waals surface area contributed by atoms with Gasteiger partial charge >= 0.3 is 5.97 Å². The van der Waals surface area contributed by atoms with Crippen LogP contribution >= 0.6 is 0 Å². The highest BCUT2D eigenvalue weighted by Gasteiger charge is 2.14. The summed E-state index contributed by atoms with van der Waals surface area (Å²) in [7, 11) is 1.30. The Morgan fingerprint density at radius 3 is 2.43 bits per heavy atom. The molecule has 4 heteroatoms. The minimum atomic E-state index is -0.649. The lowest BCUT2D eigenvalue weighted by atomic mass is 10.3. The van der Waals surface area contributed by atoms with Crippen LogP contribution in [0.5, 0.6) is 11.5 Å². The predicted molar refractivity (Wildman–Crippen MR) is 50.2 cm³/mol. The molecule has 0 saturated heterocycles. The number of phenolic OH excluding ortho intramolecular Hbond substituents is 1. The van der Waals surface area contributed by atoms with Gasteiger partial charge in [-0.25, -0.2) is 4.79 Å². The van der Waals surface area contributed by atoms with Crippen molar-refractivity contribution < 1.29 is 19.4 Å². The van der Waals surface area contributed by atoms with E-state index in [1.165, 1.54) is 19.2 Å². The number of carbonyl (C=O) groups is 1. The third-order valence-corrected chi connectivity index (χ3v) is 1.68. The Labute approximate surface area is 82.1 Å². The normalized spacial score (nSPS) is 11.9. The smallest absolute Gasteiger partial charge is 0.346 e. The van der Waals surface area contributed by atoms with Crippen molar-refractivity contribution in [3.63, 3.8) is 0 Å². The third-order valence-electron chi connectivity index (χ3n) is 1.68. The summed E-state index contributed by atoms with van der Waals surface area (Å²) in [5.74, 6) is 0.238. The van der Waals surface area contributed by atoms with Gasteiger partial charge in [0.15, 0.2) is 6.10 Å². The second kappa shape index (κ2) is 4.50. The average molecular weight is 196 g/mol. The first-order chi connectivity index (χ1) is 6.63. The standard InChI is InChI=1S/C10H12O4/c1-7(10(12)13-2)14-9-5-3-8(11)4-6-9/h3-7,11H,1-2H3. The van der Waals surface area contributed by atoms with Crippen molar-refractivity contribution in [2.75, 3.05) is 7.11 Å². The van der Waals surface area contributed by atoms with Gasteiger partial charge in [0.1, 0.15) is 11.5 Å². The highest BCUT2D eigenvalue weighted by Crippen LogP contribution is 2.17. The molecule has 0 spiro atoms. The van der Waals surface area contributed by atoms with Crippen molar-refractivity contribution in [1.29, 1.82) is 0 Å². The van der Waals surface area contributed by atoms with Crippen molar-refractivity contribution in [2.45, 2.75) is 13.0 Å². The fourth-order valence-corrected chi connectivity index (χ4v) is 0.943. The van der Waals surface area contributed by atoms with Crippen molar-refractivity contribution in [1.82, 2.24) is 0 Å². The zero-order valence-electron chi connectivity index (χ0n) is 8.06. The summed E-state index contributed by atoms with van der Waals surface area (Å²) < 4.78 is 9.73. The summed E-state index contributed by atoms with van der Waals surface area (Å²) in [5, 5.41) is 9.00. The van der Waals surface area contributed by atoms with E-state index in [0.717, 1.165) is 0 Å². The van der Waals surface area contributed by atoms with Gasteiger partial charge in [-0.15, -0.1) is 0 Å². The first-order valence-electron chi connectivity index (χ1n) is 4.17. The second-order valence-corrected chi connectivity index (χ2v) is 2.78. The molecule has 1 rings (SSSR count). The van der Waals surface area contributed by atoms with Crippen molar-refractivity contribution in [3.05, 3.63) is 24.3 Å². The van der Waals surface area contributed by atoms with Crippen LogP contribution in [0.25, 0.3) is 0 Å². The molecular formula is C10H12O4. The number of carbonyl (C=O) groups excluding carboxylic acids is 1. The van der Waals surface area contributed by atoms with Gasteiger partial charge in [-0.05, 0) is 31.2 Å². The molecule has 76 valence electrons. The maximum atomic E-state index is 11.0. The van der Waals surface area contributed by atoms with Crippen molar-refractivity contribution in [3.8, 4) is 11.5 Å². The maximum Gasteiger partial charge on any atom is 0.346 e. The Hall–Kier alpha value is -1.71. The molecule has 1 N–H and O–H groups in total. The topological polar surface area (TPSA) is 55.8 Å². The highest BCUT2D eigenvalue weighted by atomic mass is 16.6. The minimum absolute atomic E-state index is 0.156.